The van der Waals surface area contributed by atoms with Gasteiger partial charge in [0, 0.05) is 36.8 Å². The molecular weight excluding hydrogens is 256 g/mol. The summed E-state index contributed by atoms with van der Waals surface area (Å²) in [6, 6.07) is 0.606. The molecule has 1 aliphatic carbocycles. The molecule has 0 spiro atoms. The molecular formula is C14H20N4S. The van der Waals surface area contributed by atoms with Crippen LogP contribution in [0.15, 0.2) is 23.3 Å². The molecule has 0 bridgehead atoms. The van der Waals surface area contributed by atoms with E-state index in [9.17, 15) is 0 Å². The Morgan fingerprint density at radius 3 is 2.95 bits per heavy atom. The Balaban J connectivity index is 1.58. The van der Waals surface area contributed by atoms with Crippen LogP contribution in [0.25, 0.3) is 0 Å². The van der Waals surface area contributed by atoms with Crippen molar-refractivity contribution in [3.05, 3.63) is 29.0 Å². The first-order valence-corrected chi connectivity index (χ1v) is 8.01. The molecule has 2 aromatic rings. The van der Waals surface area contributed by atoms with E-state index in [0.29, 0.717) is 6.04 Å². The van der Waals surface area contributed by atoms with Crippen molar-refractivity contribution in [3.63, 3.8) is 0 Å². The van der Waals surface area contributed by atoms with Crippen LogP contribution in [-0.2, 0) is 13.0 Å². The van der Waals surface area contributed by atoms with Gasteiger partial charge in [-0.05, 0) is 12.8 Å². The van der Waals surface area contributed by atoms with E-state index >= 15 is 0 Å². The van der Waals surface area contributed by atoms with Crippen LogP contribution in [-0.4, -0.2) is 20.6 Å². The van der Waals surface area contributed by atoms with E-state index in [1.807, 2.05) is 11.7 Å². The van der Waals surface area contributed by atoms with Crippen LogP contribution in [0.1, 0.15) is 37.8 Å². The van der Waals surface area contributed by atoms with Crippen molar-refractivity contribution in [1.29, 1.82) is 0 Å². The van der Waals surface area contributed by atoms with E-state index in [2.05, 4.69) is 31.4 Å². The zero-order valence-electron chi connectivity index (χ0n) is 11.1. The second-order valence-corrected chi connectivity index (χ2v) is 5.87. The van der Waals surface area contributed by atoms with Gasteiger partial charge in [0.15, 0.2) is 0 Å². The molecule has 3 rings (SSSR count). The van der Waals surface area contributed by atoms with Crippen LogP contribution in [0, 0.1) is 0 Å². The number of aryl methyl sites for hydroxylation is 2. The third-order valence-electron chi connectivity index (χ3n) is 3.75. The average Bonchev–Trinajstić information content (AvgIpc) is 3.09. The summed E-state index contributed by atoms with van der Waals surface area (Å²) >= 11 is 1.66. The SMILES string of the molecule is c1cn(CCc2cscn2)c(NC2CCCCC2)n1. The number of nitrogens with one attached hydrogen (secondary N) is 1. The van der Waals surface area contributed by atoms with Crippen molar-refractivity contribution in [2.75, 3.05) is 5.32 Å². The van der Waals surface area contributed by atoms with Crippen molar-refractivity contribution in [3.8, 4) is 0 Å². The van der Waals surface area contributed by atoms with E-state index in [1.54, 1.807) is 11.3 Å². The summed E-state index contributed by atoms with van der Waals surface area (Å²) in [5.74, 6) is 1.02. The van der Waals surface area contributed by atoms with Gasteiger partial charge in [0.25, 0.3) is 0 Å². The zero-order valence-corrected chi connectivity index (χ0v) is 11.9. The standard InChI is InChI=1S/C14H20N4S/c1-2-4-12(5-3-1)17-14-15-7-9-18(14)8-6-13-10-19-11-16-13/h7,9-12H,1-6,8H2,(H,15,17). The van der Waals surface area contributed by atoms with Crippen molar-refractivity contribution in [1.82, 2.24) is 14.5 Å². The largest absolute Gasteiger partial charge is 0.353 e. The van der Waals surface area contributed by atoms with E-state index < -0.39 is 0 Å². The third-order valence-corrected chi connectivity index (χ3v) is 4.38. The fraction of sp³-hybridized carbons (Fsp3) is 0.571. The van der Waals surface area contributed by atoms with E-state index in [4.69, 9.17) is 0 Å². The molecule has 0 radical (unpaired) electrons. The van der Waals surface area contributed by atoms with Crippen LogP contribution >= 0.6 is 11.3 Å². The lowest BCUT2D eigenvalue weighted by molar-refractivity contribution is 0.458. The van der Waals surface area contributed by atoms with E-state index in [-0.39, 0.29) is 0 Å². The predicted molar refractivity (Wildman–Crippen MR) is 78.5 cm³/mol. The van der Waals surface area contributed by atoms with Gasteiger partial charge < -0.3 is 9.88 Å². The predicted octanol–water partition coefficient (Wildman–Crippen LogP) is 3.33. The number of imidazole rings is 1. The number of hydrogen-bond acceptors (Lipinski definition) is 4. The summed E-state index contributed by atoms with van der Waals surface area (Å²) in [6.07, 6.45) is 11.5. The molecule has 1 aliphatic rings. The maximum atomic E-state index is 4.44. The highest BCUT2D eigenvalue weighted by Gasteiger charge is 2.15. The number of rotatable bonds is 5. The van der Waals surface area contributed by atoms with Crippen LogP contribution < -0.4 is 5.32 Å². The summed E-state index contributed by atoms with van der Waals surface area (Å²) in [5.41, 5.74) is 3.06. The molecule has 2 aromatic heterocycles. The number of nitrogens with zero attached hydrogens (tertiary/aromatic N) is 3. The lowest BCUT2D eigenvalue weighted by Crippen LogP contribution is -2.24. The molecule has 0 aliphatic heterocycles. The van der Waals surface area contributed by atoms with E-state index in [1.165, 1.54) is 37.8 Å². The maximum Gasteiger partial charge on any atom is 0.202 e. The van der Waals surface area contributed by atoms with Gasteiger partial charge in [0.1, 0.15) is 0 Å². The first kappa shape index (κ1) is 12.7. The molecule has 0 aromatic carbocycles. The highest BCUT2D eigenvalue weighted by molar-refractivity contribution is 7.07. The second-order valence-electron chi connectivity index (χ2n) is 5.15. The summed E-state index contributed by atoms with van der Waals surface area (Å²) in [5, 5.41) is 5.71. The Morgan fingerprint density at radius 1 is 1.26 bits per heavy atom. The number of anilines is 1. The third kappa shape index (κ3) is 3.35. The van der Waals surface area contributed by atoms with Crippen LogP contribution in [0.5, 0.6) is 0 Å². The van der Waals surface area contributed by atoms with Crippen molar-refractivity contribution < 1.29 is 0 Å². The van der Waals surface area contributed by atoms with Crippen molar-refractivity contribution >= 4 is 17.3 Å². The fourth-order valence-corrected chi connectivity index (χ4v) is 3.25. The molecule has 102 valence electrons. The van der Waals surface area contributed by atoms with Gasteiger partial charge in [-0.15, -0.1) is 11.3 Å². The van der Waals surface area contributed by atoms with E-state index in [0.717, 1.165) is 18.9 Å². The molecule has 4 nitrogen and oxygen atoms in total. The summed E-state index contributed by atoms with van der Waals surface area (Å²) in [7, 11) is 0. The Bertz CT molecular complexity index is 485. The Hall–Kier alpha value is -1.36. The summed E-state index contributed by atoms with van der Waals surface area (Å²) < 4.78 is 2.20. The van der Waals surface area contributed by atoms with Crippen molar-refractivity contribution in [2.24, 2.45) is 0 Å². The molecule has 1 saturated carbocycles. The lowest BCUT2D eigenvalue weighted by atomic mass is 9.96. The first-order chi connectivity index (χ1) is 9.42. The van der Waals surface area contributed by atoms with Gasteiger partial charge in [-0.1, -0.05) is 19.3 Å². The van der Waals surface area contributed by atoms with Gasteiger partial charge in [-0.25, -0.2) is 9.97 Å². The molecule has 1 N–H and O–H groups in total. The molecule has 19 heavy (non-hydrogen) atoms. The van der Waals surface area contributed by atoms with Gasteiger partial charge in [0.2, 0.25) is 5.95 Å². The molecule has 2 heterocycles. The monoisotopic (exact) mass is 276 g/mol. The van der Waals surface area contributed by atoms with Crippen LogP contribution in [0.3, 0.4) is 0 Å². The molecule has 0 amide bonds. The number of thiazole rings is 1. The quantitative estimate of drug-likeness (QED) is 0.911. The van der Waals surface area contributed by atoms with Crippen LogP contribution in [0.2, 0.25) is 0 Å². The first-order valence-electron chi connectivity index (χ1n) is 7.06. The minimum atomic E-state index is 0.606. The molecule has 1 fully saturated rings. The Morgan fingerprint density at radius 2 is 2.16 bits per heavy atom. The van der Waals surface area contributed by atoms with Gasteiger partial charge in [-0.2, -0.15) is 0 Å². The number of hydrogen-bond donors (Lipinski definition) is 1. The normalized spacial score (nSPS) is 16.6. The van der Waals surface area contributed by atoms with Gasteiger partial charge in [-0.3, -0.25) is 0 Å². The smallest absolute Gasteiger partial charge is 0.202 e. The molecule has 5 heteroatoms. The van der Waals surface area contributed by atoms with Crippen LogP contribution in [0.4, 0.5) is 5.95 Å². The fourth-order valence-electron chi connectivity index (χ4n) is 2.66. The zero-order chi connectivity index (χ0) is 12.9. The molecule has 0 saturated heterocycles. The molecule has 0 atom stereocenters. The summed E-state index contributed by atoms with van der Waals surface area (Å²) in [4.78, 5) is 8.77. The highest BCUT2D eigenvalue weighted by atomic mass is 32.1. The minimum Gasteiger partial charge on any atom is -0.353 e. The summed E-state index contributed by atoms with van der Waals surface area (Å²) in [6.45, 7) is 0.943. The Kier molecular flexibility index (Phi) is 4.13. The highest BCUT2D eigenvalue weighted by Crippen LogP contribution is 2.21. The van der Waals surface area contributed by atoms with Gasteiger partial charge >= 0.3 is 0 Å². The minimum absolute atomic E-state index is 0.606. The second kappa shape index (κ2) is 6.19. The van der Waals surface area contributed by atoms with Crippen molar-refractivity contribution in [2.45, 2.75) is 51.1 Å². The van der Waals surface area contributed by atoms with Gasteiger partial charge in [0.05, 0.1) is 11.2 Å². The Labute approximate surface area is 117 Å². The number of aromatic nitrogens is 3. The molecule has 0 unspecified atom stereocenters. The topological polar surface area (TPSA) is 42.7 Å². The lowest BCUT2D eigenvalue weighted by Gasteiger charge is -2.23. The maximum absolute atomic E-state index is 4.44. The average molecular weight is 276 g/mol.